The van der Waals surface area contributed by atoms with Crippen LogP contribution in [0.4, 0.5) is 5.69 Å². The van der Waals surface area contributed by atoms with Crippen molar-refractivity contribution in [2.75, 3.05) is 56.3 Å². The molecule has 0 aromatic heterocycles. The van der Waals surface area contributed by atoms with Crippen LogP contribution in [-0.2, 0) is 55.3 Å². The SMILES string of the molecule is CC[N+](CCCS(=O)(=O)O)=c1cc2occc(/C=C/C=C3/N(CCCCCC(=O)O)c4ccc(S(=O)(=O)[O-])cc4C3(C)CCCS(=O)(=O)[O-])c-2cc1S(=O)(=O)NCCOC. The van der Waals surface area contributed by atoms with Crippen LogP contribution in [0.25, 0.3) is 17.4 Å². The Kier molecular flexibility index (Phi) is 16.4. The summed E-state index contributed by atoms with van der Waals surface area (Å²) in [7, 11) is -16.6. The predicted molar refractivity (Wildman–Crippen MR) is 220 cm³/mol. The van der Waals surface area contributed by atoms with Crippen molar-refractivity contribution in [3.05, 3.63) is 77.0 Å². The van der Waals surface area contributed by atoms with Crippen LogP contribution in [0.3, 0.4) is 0 Å². The molecule has 3 aliphatic rings. The van der Waals surface area contributed by atoms with Crippen LogP contribution in [-0.4, -0.2) is 110 Å². The van der Waals surface area contributed by atoms with Gasteiger partial charge in [-0.15, -0.1) is 0 Å². The van der Waals surface area contributed by atoms with Gasteiger partial charge < -0.3 is 28.3 Å². The number of fused-ring (bicyclic) bond motifs is 2. The fourth-order valence-corrected chi connectivity index (χ4v) is 9.99. The molecule has 1 aliphatic carbocycles. The molecule has 0 radical (unpaired) electrons. The highest BCUT2D eigenvalue weighted by Crippen LogP contribution is 2.51. The number of hydrogen-bond acceptors (Lipinski definition) is 14. The van der Waals surface area contributed by atoms with E-state index in [0.29, 0.717) is 53.9 Å². The average molecular weight is 917 g/mol. The number of rotatable bonds is 23. The summed E-state index contributed by atoms with van der Waals surface area (Å²) >= 11 is 0. The molecule has 0 saturated carbocycles. The molecule has 18 nitrogen and oxygen atoms in total. The number of carboxylic acid groups (broad SMARTS) is 1. The Morgan fingerprint density at radius 1 is 0.983 bits per heavy atom. The van der Waals surface area contributed by atoms with Crippen LogP contribution in [0.5, 0.6) is 0 Å². The maximum atomic E-state index is 13.8. The number of ether oxygens (including phenoxy) is 1. The first-order valence-electron chi connectivity index (χ1n) is 19.0. The first-order valence-corrected chi connectivity index (χ1v) is 25.1. The lowest BCUT2D eigenvalue weighted by Gasteiger charge is -2.31. The highest BCUT2D eigenvalue weighted by molar-refractivity contribution is 7.89. The van der Waals surface area contributed by atoms with Crippen molar-refractivity contribution in [2.24, 2.45) is 0 Å². The van der Waals surface area contributed by atoms with E-state index in [9.17, 15) is 52.1 Å². The molecule has 1 aromatic rings. The summed E-state index contributed by atoms with van der Waals surface area (Å²) in [4.78, 5) is 12.4. The number of benzene rings is 2. The summed E-state index contributed by atoms with van der Waals surface area (Å²) in [5.41, 5.74) is 1.27. The quantitative estimate of drug-likeness (QED) is 0.0700. The molecule has 1 aromatic carbocycles. The molecule has 1 unspecified atom stereocenters. The van der Waals surface area contributed by atoms with Crippen LogP contribution in [0.2, 0.25) is 0 Å². The van der Waals surface area contributed by atoms with Crippen molar-refractivity contribution in [1.29, 1.82) is 0 Å². The van der Waals surface area contributed by atoms with Crippen molar-refractivity contribution < 1.29 is 66.4 Å². The van der Waals surface area contributed by atoms with E-state index < -0.39 is 68.2 Å². The fraction of sp³-hybridized carbons (Fsp3) is 0.474. The van der Waals surface area contributed by atoms with Crippen molar-refractivity contribution in [1.82, 2.24) is 9.30 Å². The molecule has 22 heteroatoms. The summed E-state index contributed by atoms with van der Waals surface area (Å²) in [5, 5.41) is 9.34. The lowest BCUT2D eigenvalue weighted by atomic mass is 9.77. The van der Waals surface area contributed by atoms with E-state index in [1.54, 1.807) is 42.7 Å². The van der Waals surface area contributed by atoms with Gasteiger partial charge in [-0.05, 0) is 87.1 Å². The van der Waals surface area contributed by atoms with Gasteiger partial charge in [0.25, 0.3) is 10.1 Å². The van der Waals surface area contributed by atoms with Gasteiger partial charge in [-0.2, -0.15) is 8.42 Å². The first kappa shape index (κ1) is 48.7. The normalized spacial score (nSPS) is 17.5. The Bertz CT molecular complexity index is 2590. The van der Waals surface area contributed by atoms with Crippen molar-refractivity contribution in [2.45, 2.75) is 74.0 Å². The minimum Gasteiger partial charge on any atom is -0.748 e. The summed E-state index contributed by atoms with van der Waals surface area (Å²) in [6.45, 7) is 4.21. The van der Waals surface area contributed by atoms with Gasteiger partial charge >= 0.3 is 5.97 Å². The highest BCUT2D eigenvalue weighted by Gasteiger charge is 2.43. The molecule has 0 saturated heterocycles. The molecule has 4 rings (SSSR count). The molecule has 0 fully saturated rings. The number of unbranched alkanes of at least 4 members (excludes halogenated alkanes) is 2. The third-order valence-electron chi connectivity index (χ3n) is 10.1. The van der Waals surface area contributed by atoms with Gasteiger partial charge in [0.15, 0.2) is 4.90 Å². The third-order valence-corrected chi connectivity index (χ3v) is 14.0. The first-order chi connectivity index (χ1) is 28.0. The van der Waals surface area contributed by atoms with E-state index in [0.717, 1.165) is 0 Å². The fourth-order valence-electron chi connectivity index (χ4n) is 7.25. The molecule has 60 heavy (non-hydrogen) atoms. The van der Waals surface area contributed by atoms with Gasteiger partial charge in [-0.3, -0.25) is 9.35 Å². The van der Waals surface area contributed by atoms with Gasteiger partial charge in [-0.25, -0.2) is 34.6 Å². The van der Waals surface area contributed by atoms with E-state index in [1.165, 1.54) is 43.7 Å². The van der Waals surface area contributed by atoms with E-state index >= 15 is 0 Å². The summed E-state index contributed by atoms with van der Waals surface area (Å²) in [5.74, 6) is -1.90. The minimum atomic E-state index is -4.90. The Morgan fingerprint density at radius 3 is 2.35 bits per heavy atom. The lowest BCUT2D eigenvalue weighted by molar-refractivity contribution is -0.137. The van der Waals surface area contributed by atoms with Gasteiger partial charge in [0.05, 0.1) is 39.7 Å². The monoisotopic (exact) mass is 916 g/mol. The molecule has 2 heterocycles. The molecule has 0 amide bonds. The lowest BCUT2D eigenvalue weighted by Crippen LogP contribution is -2.38. The Hall–Kier alpha value is -4.00. The van der Waals surface area contributed by atoms with E-state index in [1.807, 2.05) is 4.90 Å². The van der Waals surface area contributed by atoms with Crippen LogP contribution in [0, 0.1) is 0 Å². The zero-order valence-corrected chi connectivity index (χ0v) is 36.7. The van der Waals surface area contributed by atoms with Crippen molar-refractivity contribution in [3.63, 3.8) is 0 Å². The number of carboxylic acids is 1. The summed E-state index contributed by atoms with van der Waals surface area (Å²) in [6, 6.07) is 8.46. The molecule has 2 aliphatic heterocycles. The van der Waals surface area contributed by atoms with E-state index in [-0.39, 0.29) is 67.9 Å². The molecular formula is C38H50N3O15S4-. The maximum absolute atomic E-state index is 13.8. The number of anilines is 1. The van der Waals surface area contributed by atoms with Crippen LogP contribution >= 0.6 is 0 Å². The topological polar surface area (TPSA) is 281 Å². The highest BCUT2D eigenvalue weighted by atomic mass is 32.2. The van der Waals surface area contributed by atoms with Gasteiger partial charge in [0, 0.05) is 61.2 Å². The molecule has 3 N–H and O–H groups in total. The average Bonchev–Trinajstić information content (AvgIpc) is 3.37. The number of nitrogens with one attached hydrogen (secondary N) is 1. The summed E-state index contributed by atoms with van der Waals surface area (Å²) < 4.78 is 146. The van der Waals surface area contributed by atoms with E-state index in [4.69, 9.17) is 14.3 Å². The van der Waals surface area contributed by atoms with Gasteiger partial charge in [0.1, 0.15) is 29.0 Å². The second-order valence-corrected chi connectivity index (χ2v) is 20.6. The molecular weight excluding hydrogens is 867 g/mol. The van der Waals surface area contributed by atoms with Crippen LogP contribution < -0.4 is 19.6 Å². The zero-order chi connectivity index (χ0) is 44.5. The smallest absolute Gasteiger partial charge is 0.303 e. The second kappa shape index (κ2) is 20.2. The molecule has 0 spiro atoms. The molecule has 0 bridgehead atoms. The Balaban J connectivity index is 1.90. The number of nitrogens with zero attached hydrogens (tertiary/aromatic N) is 2. The maximum Gasteiger partial charge on any atom is 0.303 e. The van der Waals surface area contributed by atoms with Gasteiger partial charge in [-0.1, -0.05) is 18.6 Å². The van der Waals surface area contributed by atoms with E-state index in [2.05, 4.69) is 4.72 Å². The number of methoxy groups -OCH3 is 1. The number of allylic oxidation sites excluding steroid dienone is 3. The number of hydrogen-bond donors (Lipinski definition) is 3. The van der Waals surface area contributed by atoms with Crippen molar-refractivity contribution >= 4 is 58.1 Å². The standard InChI is InChI=1S/C38H51N3O15S4/c1-4-40(19-10-24-58(47,48)49)33-27-34-30(26-35(33)59(50,51)39-18-22-55-3)28(16-21-56-34)11-8-12-36-38(2,17-9-23-57(44,45)46)31-25-29(60(52,53)54)14-15-32(31)41(36)20-7-5-6-13-37(42)43/h8,11-12,14-16,21,25-27,39H,4-7,9-10,13,17-20,22-24H2,1-3H3,(H3-,42,43,44,45,46,47,48,49,52,53,54)/p-1. The minimum absolute atomic E-state index is 0.00124. The number of aliphatic carboxylic acids is 1. The van der Waals surface area contributed by atoms with Crippen LogP contribution in [0.1, 0.15) is 69.9 Å². The molecule has 1 atom stereocenters. The summed E-state index contributed by atoms with van der Waals surface area (Å²) in [6.07, 6.45) is 7.80. The van der Waals surface area contributed by atoms with Gasteiger partial charge in [0.2, 0.25) is 15.4 Å². The Morgan fingerprint density at radius 2 is 1.72 bits per heavy atom. The van der Waals surface area contributed by atoms with Crippen molar-refractivity contribution in [3.8, 4) is 11.3 Å². The number of sulfonamides is 1. The Labute approximate surface area is 350 Å². The predicted octanol–water partition coefficient (Wildman–Crippen LogP) is 2.93. The largest absolute Gasteiger partial charge is 0.748 e. The molecule has 332 valence electrons. The second-order valence-electron chi connectivity index (χ2n) is 14.4. The zero-order valence-electron chi connectivity index (χ0n) is 33.4. The van der Waals surface area contributed by atoms with Crippen LogP contribution in [0.15, 0.2) is 74.7 Å². The third kappa shape index (κ3) is 13.0. The number of carbonyl (C=O) groups is 1.